The van der Waals surface area contributed by atoms with Gasteiger partial charge in [-0.05, 0) is 44.9 Å². The summed E-state index contributed by atoms with van der Waals surface area (Å²) in [5, 5.41) is 3.46. The topological polar surface area (TPSA) is 78.2 Å². The van der Waals surface area contributed by atoms with Gasteiger partial charge in [0, 0.05) is 44.1 Å². The first-order chi connectivity index (χ1) is 14.0. The van der Waals surface area contributed by atoms with E-state index in [0.717, 1.165) is 23.4 Å². The van der Waals surface area contributed by atoms with Gasteiger partial charge in [0.25, 0.3) is 5.56 Å². The summed E-state index contributed by atoms with van der Waals surface area (Å²) in [5.74, 6) is -0.0803. The van der Waals surface area contributed by atoms with Gasteiger partial charge in [0.05, 0.1) is 11.7 Å². The van der Waals surface area contributed by atoms with Crippen molar-refractivity contribution in [2.75, 3.05) is 19.8 Å². The van der Waals surface area contributed by atoms with E-state index in [0.29, 0.717) is 37.3 Å². The van der Waals surface area contributed by atoms with Gasteiger partial charge in [0.1, 0.15) is 0 Å². The Hall–Kier alpha value is -2.93. The van der Waals surface area contributed by atoms with Gasteiger partial charge in [0.15, 0.2) is 5.65 Å². The van der Waals surface area contributed by atoms with E-state index in [1.54, 1.807) is 0 Å². The molecule has 0 bridgehead atoms. The number of rotatable bonds is 9. The summed E-state index contributed by atoms with van der Waals surface area (Å²) in [7, 11) is 0. The lowest BCUT2D eigenvalue weighted by Crippen LogP contribution is -2.28. The maximum absolute atomic E-state index is 13.1. The smallest absolute Gasteiger partial charge is 0.263 e. The molecule has 0 aliphatic heterocycles. The molecule has 3 rings (SSSR count). The predicted molar refractivity (Wildman–Crippen MR) is 114 cm³/mol. The second-order valence-electron chi connectivity index (χ2n) is 6.97. The van der Waals surface area contributed by atoms with Crippen molar-refractivity contribution in [3.8, 4) is 5.69 Å². The number of nitrogens with one attached hydrogen (secondary N) is 1. The van der Waals surface area contributed by atoms with E-state index in [-0.39, 0.29) is 17.9 Å². The number of carbonyl (C=O) groups excluding carboxylic acids is 1. The van der Waals surface area contributed by atoms with Crippen LogP contribution in [0.3, 0.4) is 0 Å². The molecule has 0 atom stereocenters. The van der Waals surface area contributed by atoms with Crippen molar-refractivity contribution in [2.24, 2.45) is 0 Å². The highest BCUT2D eigenvalue weighted by Gasteiger charge is 2.17. The number of aryl methyl sites for hydroxylation is 2. The highest BCUT2D eigenvalue weighted by Crippen LogP contribution is 2.24. The Balaban J connectivity index is 1.76. The Bertz CT molecular complexity index is 1040. The fourth-order valence-corrected chi connectivity index (χ4v) is 3.39. The van der Waals surface area contributed by atoms with Gasteiger partial charge >= 0.3 is 0 Å². The Labute approximate surface area is 170 Å². The van der Waals surface area contributed by atoms with Crippen LogP contribution in [0.15, 0.2) is 41.5 Å². The van der Waals surface area contributed by atoms with E-state index in [2.05, 4.69) is 10.3 Å². The van der Waals surface area contributed by atoms with Gasteiger partial charge in [-0.25, -0.2) is 4.98 Å². The lowest BCUT2D eigenvalue weighted by atomic mass is 10.2. The summed E-state index contributed by atoms with van der Waals surface area (Å²) in [6, 6.07) is 9.87. The van der Waals surface area contributed by atoms with Crippen LogP contribution in [0.1, 0.15) is 31.0 Å². The van der Waals surface area contributed by atoms with Crippen LogP contribution >= 0.6 is 0 Å². The van der Waals surface area contributed by atoms with Crippen molar-refractivity contribution in [3.05, 3.63) is 58.3 Å². The van der Waals surface area contributed by atoms with Crippen LogP contribution in [0.25, 0.3) is 16.7 Å². The molecule has 2 heterocycles. The zero-order valence-corrected chi connectivity index (χ0v) is 17.3. The van der Waals surface area contributed by atoms with Gasteiger partial charge in [0.2, 0.25) is 5.91 Å². The molecule has 0 aliphatic carbocycles. The van der Waals surface area contributed by atoms with E-state index >= 15 is 0 Å². The molecule has 0 aliphatic rings. The number of para-hydroxylation sites is 1. The maximum Gasteiger partial charge on any atom is 0.263 e. The quantitative estimate of drug-likeness (QED) is 0.564. The van der Waals surface area contributed by atoms with Crippen molar-refractivity contribution in [3.63, 3.8) is 0 Å². The monoisotopic (exact) mass is 396 g/mol. The van der Waals surface area contributed by atoms with Gasteiger partial charge in [-0.15, -0.1) is 0 Å². The van der Waals surface area contributed by atoms with Crippen molar-refractivity contribution in [1.29, 1.82) is 0 Å². The Morgan fingerprint density at radius 3 is 2.69 bits per heavy atom. The molecular weight excluding hydrogens is 368 g/mol. The summed E-state index contributed by atoms with van der Waals surface area (Å²) < 4.78 is 8.77. The number of benzene rings is 1. The third kappa shape index (κ3) is 4.56. The van der Waals surface area contributed by atoms with Crippen LogP contribution in [-0.4, -0.2) is 39.8 Å². The summed E-state index contributed by atoms with van der Waals surface area (Å²) in [5.41, 5.74) is 3.40. The van der Waals surface area contributed by atoms with E-state index in [9.17, 15) is 9.59 Å². The number of hydrogen-bond donors (Lipinski definition) is 1. The molecule has 0 spiro atoms. The molecule has 7 heteroatoms. The van der Waals surface area contributed by atoms with Crippen molar-refractivity contribution in [1.82, 2.24) is 19.4 Å². The summed E-state index contributed by atoms with van der Waals surface area (Å²) in [4.78, 5) is 29.6. The third-order valence-electron chi connectivity index (χ3n) is 5.07. The van der Waals surface area contributed by atoms with Gasteiger partial charge in [-0.3, -0.25) is 18.7 Å². The van der Waals surface area contributed by atoms with Gasteiger partial charge < -0.3 is 10.1 Å². The first-order valence-electron chi connectivity index (χ1n) is 10.0. The summed E-state index contributed by atoms with van der Waals surface area (Å²) in [6.07, 6.45) is 2.54. The minimum absolute atomic E-state index is 0.0803. The molecule has 3 aromatic rings. The molecule has 0 saturated carbocycles. The molecule has 1 N–H and O–H groups in total. The normalized spacial score (nSPS) is 11.1. The first-order valence-corrected chi connectivity index (χ1v) is 10.0. The Morgan fingerprint density at radius 1 is 1.21 bits per heavy atom. The standard InChI is InChI=1S/C22H28N4O3/c1-4-29-14-8-12-23-19(27)11-13-25-15-24-21-20(22(25)28)16(2)17(3)26(21)18-9-6-5-7-10-18/h5-7,9-10,15H,4,8,11-14H2,1-3H3,(H,23,27). The van der Waals surface area contributed by atoms with Crippen LogP contribution in [0.5, 0.6) is 0 Å². The predicted octanol–water partition coefficient (Wildman–Crippen LogP) is 2.74. The molecule has 7 nitrogen and oxygen atoms in total. The molecule has 0 unspecified atom stereocenters. The first kappa shape index (κ1) is 20.8. The molecule has 1 aromatic carbocycles. The second-order valence-corrected chi connectivity index (χ2v) is 6.97. The molecule has 0 saturated heterocycles. The van der Waals surface area contributed by atoms with Crippen molar-refractivity contribution >= 4 is 16.9 Å². The van der Waals surface area contributed by atoms with E-state index < -0.39 is 0 Å². The molecule has 154 valence electrons. The molecule has 2 aromatic heterocycles. The van der Waals surface area contributed by atoms with Crippen LogP contribution in [0.4, 0.5) is 0 Å². The number of aromatic nitrogens is 3. The number of amides is 1. The van der Waals surface area contributed by atoms with E-state index in [1.807, 2.05) is 55.7 Å². The minimum Gasteiger partial charge on any atom is -0.382 e. The maximum atomic E-state index is 13.1. The van der Waals surface area contributed by atoms with Crippen LogP contribution in [0, 0.1) is 13.8 Å². The van der Waals surface area contributed by atoms with Crippen LogP contribution in [-0.2, 0) is 16.1 Å². The zero-order chi connectivity index (χ0) is 20.8. The lowest BCUT2D eigenvalue weighted by molar-refractivity contribution is -0.121. The van der Waals surface area contributed by atoms with Gasteiger partial charge in [-0.2, -0.15) is 0 Å². The fraction of sp³-hybridized carbons (Fsp3) is 0.409. The number of nitrogens with zero attached hydrogens (tertiary/aromatic N) is 3. The van der Waals surface area contributed by atoms with Gasteiger partial charge in [-0.1, -0.05) is 18.2 Å². The second kappa shape index (κ2) is 9.52. The molecule has 29 heavy (non-hydrogen) atoms. The number of fused-ring (bicyclic) bond motifs is 1. The molecule has 1 amide bonds. The summed E-state index contributed by atoms with van der Waals surface area (Å²) in [6.45, 7) is 8.06. The minimum atomic E-state index is -0.116. The van der Waals surface area contributed by atoms with Crippen molar-refractivity contribution in [2.45, 2.75) is 40.2 Å². The highest BCUT2D eigenvalue weighted by molar-refractivity contribution is 5.83. The zero-order valence-electron chi connectivity index (χ0n) is 17.3. The lowest BCUT2D eigenvalue weighted by Gasteiger charge is -2.09. The largest absolute Gasteiger partial charge is 0.382 e. The van der Waals surface area contributed by atoms with Crippen LogP contribution < -0.4 is 10.9 Å². The fourth-order valence-electron chi connectivity index (χ4n) is 3.39. The molecule has 0 fully saturated rings. The number of carbonyl (C=O) groups is 1. The third-order valence-corrected chi connectivity index (χ3v) is 5.07. The van der Waals surface area contributed by atoms with E-state index in [4.69, 9.17) is 4.74 Å². The molecule has 0 radical (unpaired) electrons. The van der Waals surface area contributed by atoms with Crippen LogP contribution in [0.2, 0.25) is 0 Å². The summed E-state index contributed by atoms with van der Waals surface area (Å²) >= 11 is 0. The molecular formula is C22H28N4O3. The Kier molecular flexibility index (Phi) is 6.82. The average molecular weight is 396 g/mol. The Morgan fingerprint density at radius 2 is 1.97 bits per heavy atom. The highest BCUT2D eigenvalue weighted by atomic mass is 16.5. The SMILES string of the molecule is CCOCCCNC(=O)CCn1cnc2c(c(C)c(C)n2-c2ccccc2)c1=O. The van der Waals surface area contributed by atoms with Crippen molar-refractivity contribution < 1.29 is 9.53 Å². The number of ether oxygens (including phenoxy) is 1. The number of hydrogen-bond acceptors (Lipinski definition) is 4. The average Bonchev–Trinajstić information content (AvgIpc) is 2.99. The van der Waals surface area contributed by atoms with E-state index in [1.165, 1.54) is 10.9 Å².